The van der Waals surface area contributed by atoms with E-state index in [1.54, 1.807) is 43.4 Å². The van der Waals surface area contributed by atoms with Crippen LogP contribution in [0, 0.1) is 17.0 Å². The fourth-order valence-electron chi connectivity index (χ4n) is 2.12. The van der Waals surface area contributed by atoms with Crippen molar-refractivity contribution in [2.24, 2.45) is 0 Å². The van der Waals surface area contributed by atoms with Crippen molar-refractivity contribution in [3.8, 4) is 0 Å². The lowest BCUT2D eigenvalue weighted by molar-refractivity contribution is -0.392. The van der Waals surface area contributed by atoms with Gasteiger partial charge in [-0.05, 0) is 24.0 Å². The van der Waals surface area contributed by atoms with Gasteiger partial charge in [0.15, 0.2) is 0 Å². The van der Waals surface area contributed by atoms with Crippen LogP contribution in [0.5, 0.6) is 0 Å². The van der Waals surface area contributed by atoms with Crippen LogP contribution in [0.2, 0.25) is 0 Å². The fourth-order valence-corrected chi connectivity index (χ4v) is 3.01. The van der Waals surface area contributed by atoms with Crippen LogP contribution in [0.4, 0.5) is 5.82 Å². The Labute approximate surface area is 151 Å². The summed E-state index contributed by atoms with van der Waals surface area (Å²) in [4.78, 5) is 16.3. The first-order valence-electron chi connectivity index (χ1n) is 7.71. The molecule has 0 saturated heterocycles. The summed E-state index contributed by atoms with van der Waals surface area (Å²) in [6.45, 7) is 1.56. The number of nitrogens with zero attached hydrogens (tertiary/aromatic N) is 4. The number of aromatic nitrogens is 2. The topological polar surface area (TPSA) is 108 Å². The third-order valence-electron chi connectivity index (χ3n) is 3.44. The minimum Gasteiger partial charge on any atom is -0.383 e. The Bertz CT molecular complexity index is 901. The summed E-state index contributed by atoms with van der Waals surface area (Å²) >= 11 is 0. The maximum Gasteiger partial charge on any atom is 0.343 e. The van der Waals surface area contributed by atoms with Crippen LogP contribution in [0.15, 0.2) is 41.6 Å². The second-order valence-electron chi connectivity index (χ2n) is 5.75. The van der Waals surface area contributed by atoms with Crippen molar-refractivity contribution in [3.63, 3.8) is 0 Å². The second kappa shape index (κ2) is 8.11. The highest BCUT2D eigenvalue weighted by Gasteiger charge is 2.21. The van der Waals surface area contributed by atoms with Gasteiger partial charge in [0.05, 0.1) is 4.90 Å². The molecule has 1 heterocycles. The quantitative estimate of drug-likeness (QED) is 0.392. The van der Waals surface area contributed by atoms with E-state index < -0.39 is 15.0 Å². The zero-order valence-electron chi connectivity index (χ0n) is 14.7. The number of nitro groups is 1. The molecule has 26 heavy (non-hydrogen) atoms. The Kier molecular flexibility index (Phi) is 6.11. The minimum atomic E-state index is -3.93. The Hall–Kier alpha value is -2.72. The largest absolute Gasteiger partial charge is 0.383 e. The third-order valence-corrected chi connectivity index (χ3v) is 4.76. The first kappa shape index (κ1) is 19.6. The maximum absolute atomic E-state index is 12.2. The smallest absolute Gasteiger partial charge is 0.343 e. The van der Waals surface area contributed by atoms with Gasteiger partial charge >= 0.3 is 5.82 Å². The summed E-state index contributed by atoms with van der Waals surface area (Å²) in [6.07, 6.45) is 4.41. The molecular weight excluding hydrogens is 360 g/mol. The van der Waals surface area contributed by atoms with Gasteiger partial charge in [-0.2, -0.15) is 8.42 Å². The van der Waals surface area contributed by atoms with Gasteiger partial charge in [-0.3, -0.25) is 4.18 Å². The molecule has 0 bridgehead atoms. The van der Waals surface area contributed by atoms with Crippen molar-refractivity contribution >= 4 is 22.0 Å². The fraction of sp³-hybridized carbons (Fsp3) is 0.312. The van der Waals surface area contributed by atoms with Crippen LogP contribution in [0.25, 0.3) is 6.08 Å². The van der Waals surface area contributed by atoms with Gasteiger partial charge in [-0.1, -0.05) is 17.7 Å². The molecule has 0 aliphatic heterocycles. The highest BCUT2D eigenvalue weighted by atomic mass is 32.2. The van der Waals surface area contributed by atoms with E-state index in [2.05, 4.69) is 4.98 Å². The summed E-state index contributed by atoms with van der Waals surface area (Å²) in [6, 6.07) is 6.24. The molecule has 0 N–H and O–H groups in total. The molecule has 0 aliphatic carbocycles. The summed E-state index contributed by atoms with van der Waals surface area (Å²) in [5.74, 6) is 0.0986. The number of benzene rings is 1. The van der Waals surface area contributed by atoms with E-state index in [0.717, 1.165) is 11.8 Å². The monoisotopic (exact) mass is 380 g/mol. The SMILES string of the molecule is Cc1ccc(S(=O)(=O)OCCn2c([N+](=O)[O-])cnc2C=CN(C)C)cc1. The summed E-state index contributed by atoms with van der Waals surface area (Å²) in [5, 5.41) is 11.1. The van der Waals surface area contributed by atoms with Gasteiger partial charge in [-0.15, -0.1) is 0 Å². The Morgan fingerprint density at radius 2 is 1.96 bits per heavy atom. The molecule has 0 saturated carbocycles. The van der Waals surface area contributed by atoms with E-state index in [9.17, 15) is 18.5 Å². The third kappa shape index (κ3) is 4.90. The van der Waals surface area contributed by atoms with Crippen LogP contribution >= 0.6 is 0 Å². The van der Waals surface area contributed by atoms with Gasteiger partial charge in [0.1, 0.15) is 19.3 Å². The van der Waals surface area contributed by atoms with E-state index in [1.165, 1.54) is 16.7 Å². The summed E-state index contributed by atoms with van der Waals surface area (Å²) in [7, 11) is -0.330. The number of aryl methyl sites for hydroxylation is 1. The van der Waals surface area contributed by atoms with Gasteiger partial charge in [0.2, 0.25) is 5.82 Å². The zero-order chi connectivity index (χ0) is 19.3. The standard InChI is InChI=1S/C16H20N4O5S/c1-13-4-6-14(7-5-13)26(23,24)25-11-10-19-15(8-9-18(2)3)17-12-16(19)20(21)22/h4-9,12H,10-11H2,1-3H3. The van der Waals surface area contributed by atoms with Crippen LogP contribution in [-0.4, -0.2) is 48.5 Å². The molecular formula is C16H20N4O5S. The van der Waals surface area contributed by atoms with E-state index in [-0.39, 0.29) is 23.9 Å². The normalized spacial score (nSPS) is 11.8. The zero-order valence-corrected chi connectivity index (χ0v) is 15.5. The van der Waals surface area contributed by atoms with Crippen molar-refractivity contribution in [1.29, 1.82) is 0 Å². The molecule has 2 rings (SSSR count). The van der Waals surface area contributed by atoms with Gasteiger partial charge < -0.3 is 15.0 Å². The molecule has 0 spiro atoms. The molecule has 0 amide bonds. The van der Waals surface area contributed by atoms with Crippen molar-refractivity contribution in [3.05, 3.63) is 58.2 Å². The van der Waals surface area contributed by atoms with Crippen LogP contribution < -0.4 is 0 Å². The molecule has 1 aromatic heterocycles. The maximum atomic E-state index is 12.2. The van der Waals surface area contributed by atoms with Crippen LogP contribution in [0.3, 0.4) is 0 Å². The molecule has 0 unspecified atom stereocenters. The molecule has 140 valence electrons. The van der Waals surface area contributed by atoms with Crippen LogP contribution in [-0.2, 0) is 20.8 Å². The average molecular weight is 380 g/mol. The van der Waals surface area contributed by atoms with Gasteiger partial charge in [0.25, 0.3) is 10.1 Å². The van der Waals surface area contributed by atoms with Crippen molar-refractivity contribution < 1.29 is 17.5 Å². The van der Waals surface area contributed by atoms with Crippen molar-refractivity contribution in [2.45, 2.75) is 18.4 Å². The Balaban J connectivity index is 2.14. The molecule has 0 radical (unpaired) electrons. The predicted octanol–water partition coefficient (Wildman–Crippen LogP) is 2.04. The van der Waals surface area contributed by atoms with E-state index >= 15 is 0 Å². The molecule has 1 aromatic carbocycles. The van der Waals surface area contributed by atoms with E-state index in [1.807, 2.05) is 6.92 Å². The molecule has 10 heteroatoms. The second-order valence-corrected chi connectivity index (χ2v) is 7.37. The number of hydrogen-bond acceptors (Lipinski definition) is 7. The van der Waals surface area contributed by atoms with E-state index in [0.29, 0.717) is 5.82 Å². The number of rotatable bonds is 8. The highest BCUT2D eigenvalue weighted by Crippen LogP contribution is 2.17. The molecule has 0 fully saturated rings. The number of hydrogen-bond donors (Lipinski definition) is 0. The predicted molar refractivity (Wildman–Crippen MR) is 95.9 cm³/mol. The van der Waals surface area contributed by atoms with Crippen molar-refractivity contribution in [2.75, 3.05) is 20.7 Å². The molecule has 0 atom stereocenters. The summed E-state index contributed by atoms with van der Waals surface area (Å²) in [5.41, 5.74) is 0.926. The highest BCUT2D eigenvalue weighted by molar-refractivity contribution is 7.86. The van der Waals surface area contributed by atoms with Crippen LogP contribution in [0.1, 0.15) is 11.4 Å². The minimum absolute atomic E-state index is 0.0332. The lowest BCUT2D eigenvalue weighted by Gasteiger charge is -2.07. The first-order chi connectivity index (χ1) is 12.2. The Morgan fingerprint density at radius 1 is 1.31 bits per heavy atom. The van der Waals surface area contributed by atoms with Gasteiger partial charge in [0, 0.05) is 26.4 Å². The lowest BCUT2D eigenvalue weighted by atomic mass is 10.2. The Morgan fingerprint density at radius 3 is 2.54 bits per heavy atom. The van der Waals surface area contributed by atoms with E-state index in [4.69, 9.17) is 4.18 Å². The first-order valence-corrected chi connectivity index (χ1v) is 9.12. The molecule has 9 nitrogen and oxygen atoms in total. The van der Waals surface area contributed by atoms with Gasteiger partial charge in [-0.25, -0.2) is 9.55 Å². The number of imidazole rings is 1. The molecule has 0 aliphatic rings. The van der Waals surface area contributed by atoms with Crippen molar-refractivity contribution in [1.82, 2.24) is 14.5 Å². The summed E-state index contributed by atoms with van der Waals surface area (Å²) < 4.78 is 30.7. The lowest BCUT2D eigenvalue weighted by Crippen LogP contribution is -2.14. The molecule has 2 aromatic rings. The average Bonchev–Trinajstić information content (AvgIpc) is 2.96.